The zero-order valence-corrected chi connectivity index (χ0v) is 18.4. The molecule has 2 heterocycles. The number of carbonyl (C=O) groups is 1. The number of rotatable bonds is 5. The maximum absolute atomic E-state index is 12.2. The third-order valence-electron chi connectivity index (χ3n) is 5.10. The molecule has 1 N–H and O–H groups in total. The first kappa shape index (κ1) is 21.8. The quantitative estimate of drug-likeness (QED) is 0.369. The summed E-state index contributed by atoms with van der Waals surface area (Å²) in [5.74, 6) is 0.437. The average molecular weight is 471 g/mol. The first-order valence-corrected chi connectivity index (χ1v) is 10.4. The maximum Gasteiger partial charge on any atom is 0.210 e. The van der Waals surface area contributed by atoms with E-state index in [-0.39, 0.29) is 11.9 Å². The lowest BCUT2D eigenvalue weighted by molar-refractivity contribution is -0.120. The second-order valence-corrected chi connectivity index (χ2v) is 7.93. The van der Waals surface area contributed by atoms with Crippen molar-refractivity contribution in [2.45, 2.75) is 18.9 Å². The molecule has 1 aliphatic rings. The Morgan fingerprint density at radius 1 is 1.33 bits per heavy atom. The molecule has 6 heteroatoms. The normalized spacial score (nSPS) is 15.0. The molecule has 0 bridgehead atoms. The summed E-state index contributed by atoms with van der Waals surface area (Å²) in [6.07, 6.45) is 4.32. The lowest BCUT2D eigenvalue weighted by Gasteiger charge is -2.34. The Morgan fingerprint density at radius 3 is 2.70 bits per heavy atom. The number of halogens is 2. The molecule has 0 saturated heterocycles. The Bertz CT molecular complexity index is 1060. The standard InChI is InChI=1S/C17H17BrN2O.C7H7FO/c1-3-4-11(2)17-16-13(7-8-20(17)10-21)14-9-12(18)5-6-15(14)19-16;1-9-7-4-2-6(8)3-5-7/h3,5-6,9-10,17,19H,1-2,4,7-8H2;2-5H,1H3. The van der Waals surface area contributed by atoms with E-state index in [2.05, 4.69) is 46.2 Å². The SMILES string of the molecule is C=CCC(=C)C1c2[nH]c3ccc(Br)cc3c2CCN1C=O.COc1ccc(F)cc1. The van der Waals surface area contributed by atoms with Crippen molar-refractivity contribution in [3.63, 3.8) is 0 Å². The van der Waals surface area contributed by atoms with Gasteiger partial charge in [-0.05, 0) is 66.4 Å². The number of hydrogen-bond acceptors (Lipinski definition) is 2. The molecule has 0 spiro atoms. The van der Waals surface area contributed by atoms with Gasteiger partial charge < -0.3 is 14.6 Å². The average Bonchev–Trinajstić information content (AvgIpc) is 3.12. The van der Waals surface area contributed by atoms with Gasteiger partial charge in [0, 0.05) is 27.6 Å². The molecule has 1 unspecified atom stereocenters. The van der Waals surface area contributed by atoms with E-state index in [1.807, 2.05) is 17.0 Å². The molecule has 1 aliphatic heterocycles. The van der Waals surface area contributed by atoms with Crippen LogP contribution in [0.25, 0.3) is 10.9 Å². The molecule has 1 amide bonds. The number of nitrogens with zero attached hydrogens (tertiary/aromatic N) is 1. The van der Waals surface area contributed by atoms with Crippen molar-refractivity contribution in [3.8, 4) is 5.75 Å². The minimum atomic E-state index is -0.240. The van der Waals surface area contributed by atoms with Crippen molar-refractivity contribution < 1.29 is 13.9 Å². The van der Waals surface area contributed by atoms with Gasteiger partial charge in [0.25, 0.3) is 0 Å². The van der Waals surface area contributed by atoms with Crippen LogP contribution in [0, 0.1) is 5.82 Å². The van der Waals surface area contributed by atoms with Crippen molar-refractivity contribution in [2.24, 2.45) is 0 Å². The van der Waals surface area contributed by atoms with E-state index in [4.69, 9.17) is 4.74 Å². The lowest BCUT2D eigenvalue weighted by Crippen LogP contribution is -2.35. The summed E-state index contributed by atoms with van der Waals surface area (Å²) < 4.78 is 18.0. The molecule has 156 valence electrons. The van der Waals surface area contributed by atoms with Gasteiger partial charge in [-0.25, -0.2) is 4.39 Å². The maximum atomic E-state index is 12.2. The van der Waals surface area contributed by atoms with Gasteiger partial charge in [-0.15, -0.1) is 6.58 Å². The molecule has 3 aromatic rings. The van der Waals surface area contributed by atoms with Crippen molar-refractivity contribution in [1.82, 2.24) is 9.88 Å². The number of benzene rings is 2. The zero-order chi connectivity index (χ0) is 21.7. The molecule has 2 aromatic carbocycles. The van der Waals surface area contributed by atoms with Gasteiger partial charge in [0.2, 0.25) is 6.41 Å². The second-order valence-electron chi connectivity index (χ2n) is 7.01. The smallest absolute Gasteiger partial charge is 0.210 e. The third kappa shape index (κ3) is 4.65. The highest BCUT2D eigenvalue weighted by molar-refractivity contribution is 9.10. The topological polar surface area (TPSA) is 45.3 Å². The number of carbonyl (C=O) groups excluding carboxylic acids is 1. The number of aromatic nitrogens is 1. The fourth-order valence-corrected chi connectivity index (χ4v) is 4.06. The van der Waals surface area contributed by atoms with Crippen LogP contribution in [-0.4, -0.2) is 29.9 Å². The van der Waals surface area contributed by atoms with E-state index < -0.39 is 0 Å². The molecule has 4 nitrogen and oxygen atoms in total. The van der Waals surface area contributed by atoms with Gasteiger partial charge in [0.1, 0.15) is 11.6 Å². The predicted molar refractivity (Wildman–Crippen MR) is 122 cm³/mol. The van der Waals surface area contributed by atoms with Crippen LogP contribution in [0.15, 0.2) is 71.7 Å². The highest BCUT2D eigenvalue weighted by atomic mass is 79.9. The first-order chi connectivity index (χ1) is 14.5. The minimum absolute atomic E-state index is 0.0876. The van der Waals surface area contributed by atoms with E-state index in [0.29, 0.717) is 12.2 Å². The van der Waals surface area contributed by atoms with Gasteiger partial charge in [0.05, 0.1) is 13.2 Å². The molecule has 0 radical (unpaired) electrons. The van der Waals surface area contributed by atoms with Crippen molar-refractivity contribution in [3.05, 3.63) is 88.8 Å². The number of ether oxygens (including phenoxy) is 1. The number of methoxy groups -OCH3 is 1. The van der Waals surface area contributed by atoms with E-state index in [9.17, 15) is 9.18 Å². The van der Waals surface area contributed by atoms with Crippen LogP contribution < -0.4 is 4.74 Å². The van der Waals surface area contributed by atoms with Crippen molar-refractivity contribution >= 4 is 33.2 Å². The van der Waals surface area contributed by atoms with Gasteiger partial charge in [-0.2, -0.15) is 0 Å². The summed E-state index contributed by atoms with van der Waals surface area (Å²) >= 11 is 3.53. The molecule has 4 rings (SSSR count). The number of H-pyrrole nitrogens is 1. The highest BCUT2D eigenvalue weighted by Gasteiger charge is 2.31. The highest BCUT2D eigenvalue weighted by Crippen LogP contribution is 2.38. The predicted octanol–water partition coefficient (Wildman–Crippen LogP) is 5.95. The van der Waals surface area contributed by atoms with Gasteiger partial charge in [-0.3, -0.25) is 4.79 Å². The van der Waals surface area contributed by atoms with Crippen LogP contribution in [-0.2, 0) is 11.2 Å². The van der Waals surface area contributed by atoms with Crippen LogP contribution in [0.2, 0.25) is 0 Å². The van der Waals surface area contributed by atoms with Gasteiger partial charge in [-0.1, -0.05) is 28.6 Å². The van der Waals surface area contributed by atoms with Crippen LogP contribution in [0.4, 0.5) is 4.39 Å². The molecule has 30 heavy (non-hydrogen) atoms. The molecule has 1 aromatic heterocycles. The summed E-state index contributed by atoms with van der Waals surface area (Å²) in [5, 5.41) is 1.22. The monoisotopic (exact) mass is 470 g/mol. The molecule has 0 saturated carbocycles. The first-order valence-electron chi connectivity index (χ1n) is 9.57. The van der Waals surface area contributed by atoms with E-state index in [0.717, 1.165) is 40.6 Å². The Morgan fingerprint density at radius 2 is 2.07 bits per heavy atom. The van der Waals surface area contributed by atoms with Crippen molar-refractivity contribution in [2.75, 3.05) is 13.7 Å². The second kappa shape index (κ2) is 9.76. The Labute approximate surface area is 184 Å². The molecular formula is C24H24BrFN2O2. The van der Waals surface area contributed by atoms with Crippen LogP contribution in [0.5, 0.6) is 5.75 Å². The lowest BCUT2D eigenvalue weighted by atomic mass is 9.92. The number of aromatic amines is 1. The number of hydrogen-bond donors (Lipinski definition) is 1. The van der Waals surface area contributed by atoms with Crippen LogP contribution in [0.1, 0.15) is 23.7 Å². The summed E-state index contributed by atoms with van der Waals surface area (Å²) in [6, 6.07) is 12.0. The largest absolute Gasteiger partial charge is 0.497 e. The summed E-state index contributed by atoms with van der Waals surface area (Å²) in [7, 11) is 1.55. The number of nitrogens with one attached hydrogen (secondary N) is 1. The van der Waals surface area contributed by atoms with Crippen molar-refractivity contribution in [1.29, 1.82) is 0 Å². The number of amides is 1. The zero-order valence-electron chi connectivity index (χ0n) is 16.8. The van der Waals surface area contributed by atoms with Gasteiger partial charge in [0.15, 0.2) is 0 Å². The fraction of sp³-hybridized carbons (Fsp3) is 0.208. The third-order valence-corrected chi connectivity index (χ3v) is 5.60. The van der Waals surface area contributed by atoms with E-state index in [1.165, 1.54) is 23.1 Å². The molecule has 0 fully saturated rings. The van der Waals surface area contributed by atoms with Crippen LogP contribution >= 0.6 is 15.9 Å². The summed E-state index contributed by atoms with van der Waals surface area (Å²) in [5.41, 5.74) is 4.48. The fourth-order valence-electron chi connectivity index (χ4n) is 3.70. The minimum Gasteiger partial charge on any atom is -0.497 e. The number of allylic oxidation sites excluding steroid dienone is 1. The molecular weight excluding hydrogens is 447 g/mol. The Hall–Kier alpha value is -2.86. The van der Waals surface area contributed by atoms with E-state index >= 15 is 0 Å². The molecule has 0 aliphatic carbocycles. The Kier molecular flexibility index (Phi) is 7.11. The summed E-state index contributed by atoms with van der Waals surface area (Å²) in [4.78, 5) is 16.7. The number of fused-ring (bicyclic) bond motifs is 3. The Balaban J connectivity index is 0.000000239. The van der Waals surface area contributed by atoms with Crippen LogP contribution in [0.3, 0.4) is 0 Å². The van der Waals surface area contributed by atoms with E-state index in [1.54, 1.807) is 19.2 Å². The molecule has 1 atom stereocenters. The summed E-state index contributed by atoms with van der Waals surface area (Å²) in [6.45, 7) is 8.64. The van der Waals surface area contributed by atoms with Gasteiger partial charge >= 0.3 is 0 Å².